The number of anilines is 1. The minimum atomic E-state index is -0.214. The molecular formula is C18H13ClN4O2S. The van der Waals surface area contributed by atoms with Gasteiger partial charge in [0.1, 0.15) is 6.54 Å². The molecule has 8 heteroatoms. The van der Waals surface area contributed by atoms with Gasteiger partial charge in [-0.2, -0.15) is 5.26 Å². The maximum atomic E-state index is 12.5. The third-order valence-electron chi connectivity index (χ3n) is 3.41. The summed E-state index contributed by atoms with van der Waals surface area (Å²) < 4.78 is 5.57. The maximum Gasteiger partial charge on any atom is 0.277 e. The molecule has 0 unspecified atom stereocenters. The first-order valence-corrected chi connectivity index (χ1v) is 8.98. The summed E-state index contributed by atoms with van der Waals surface area (Å²) >= 11 is 6.99. The molecule has 0 aliphatic rings. The van der Waals surface area contributed by atoms with Crippen molar-refractivity contribution < 1.29 is 9.21 Å². The van der Waals surface area contributed by atoms with Crippen molar-refractivity contribution in [1.29, 1.82) is 5.26 Å². The van der Waals surface area contributed by atoms with Gasteiger partial charge in [0.05, 0.1) is 11.8 Å². The number of hydrogen-bond acceptors (Lipinski definition) is 6. The Balaban J connectivity index is 1.65. The van der Waals surface area contributed by atoms with Crippen molar-refractivity contribution in [2.24, 2.45) is 0 Å². The minimum Gasteiger partial charge on any atom is -0.411 e. The number of rotatable bonds is 6. The molecule has 130 valence electrons. The van der Waals surface area contributed by atoms with Crippen LogP contribution in [0.5, 0.6) is 0 Å². The summed E-state index contributed by atoms with van der Waals surface area (Å²) in [5.74, 6) is 0.223. The van der Waals surface area contributed by atoms with E-state index in [1.165, 1.54) is 4.90 Å². The van der Waals surface area contributed by atoms with Crippen LogP contribution in [0.15, 0.2) is 64.2 Å². The van der Waals surface area contributed by atoms with E-state index in [4.69, 9.17) is 21.3 Å². The lowest BCUT2D eigenvalue weighted by Crippen LogP contribution is -2.32. The number of nitriles is 1. The van der Waals surface area contributed by atoms with E-state index in [9.17, 15) is 4.79 Å². The molecule has 1 heterocycles. The molecule has 0 atom stereocenters. The van der Waals surface area contributed by atoms with E-state index < -0.39 is 0 Å². The number of carbonyl (C=O) groups excluding carboxylic acids is 1. The number of aromatic nitrogens is 2. The van der Waals surface area contributed by atoms with Gasteiger partial charge in [0.15, 0.2) is 0 Å². The number of hydrogen-bond donors (Lipinski definition) is 0. The molecule has 0 fully saturated rings. The van der Waals surface area contributed by atoms with Gasteiger partial charge in [-0.3, -0.25) is 9.69 Å². The van der Waals surface area contributed by atoms with Gasteiger partial charge in [-0.05, 0) is 36.4 Å². The lowest BCUT2D eigenvalue weighted by Gasteiger charge is -2.18. The summed E-state index contributed by atoms with van der Waals surface area (Å²) in [6, 6.07) is 18.1. The Morgan fingerprint density at radius 1 is 1.15 bits per heavy atom. The molecule has 0 spiro atoms. The number of carbonyl (C=O) groups is 1. The summed E-state index contributed by atoms with van der Waals surface area (Å²) in [5.41, 5.74) is 1.42. The van der Waals surface area contributed by atoms with Crippen LogP contribution in [0.1, 0.15) is 0 Å². The van der Waals surface area contributed by atoms with E-state index in [0.717, 1.165) is 17.3 Å². The highest BCUT2D eigenvalue weighted by Crippen LogP contribution is 2.25. The highest BCUT2D eigenvalue weighted by Gasteiger charge is 2.17. The standard InChI is InChI=1S/C18H13ClN4O2S/c19-14-8-6-13(7-9-14)17-21-22-18(25-17)26-12-16(24)23(11-10-20)15-4-2-1-3-5-15/h1-9H,11-12H2. The maximum absolute atomic E-state index is 12.5. The fraction of sp³-hybridized carbons (Fsp3) is 0.111. The van der Waals surface area contributed by atoms with Gasteiger partial charge >= 0.3 is 0 Å². The summed E-state index contributed by atoms with van der Waals surface area (Å²) in [5, 5.41) is 17.8. The average Bonchev–Trinajstić information content (AvgIpc) is 3.14. The SMILES string of the molecule is N#CCN(C(=O)CSc1nnc(-c2ccc(Cl)cc2)o1)c1ccccc1. The topological polar surface area (TPSA) is 83.0 Å². The predicted molar refractivity (Wildman–Crippen MR) is 99.9 cm³/mol. The molecule has 3 rings (SSSR count). The normalized spacial score (nSPS) is 10.3. The second kappa shape index (κ2) is 8.52. The summed E-state index contributed by atoms with van der Waals surface area (Å²) in [6.45, 7) is -0.0245. The largest absolute Gasteiger partial charge is 0.411 e. The molecule has 0 aliphatic carbocycles. The zero-order valence-corrected chi connectivity index (χ0v) is 15.1. The molecule has 0 radical (unpaired) electrons. The van der Waals surface area contributed by atoms with Crippen molar-refractivity contribution in [2.45, 2.75) is 5.22 Å². The van der Waals surface area contributed by atoms with Crippen LogP contribution in [0.3, 0.4) is 0 Å². The molecule has 0 N–H and O–H groups in total. The molecule has 1 amide bonds. The fourth-order valence-electron chi connectivity index (χ4n) is 2.18. The summed E-state index contributed by atoms with van der Waals surface area (Å²) in [4.78, 5) is 13.9. The van der Waals surface area contributed by atoms with Crippen LogP contribution in [0.25, 0.3) is 11.5 Å². The Hall–Kier alpha value is -2.82. The quantitative estimate of drug-likeness (QED) is 0.471. The van der Waals surface area contributed by atoms with Crippen LogP contribution < -0.4 is 4.90 Å². The van der Waals surface area contributed by atoms with Crippen LogP contribution in [0.2, 0.25) is 5.02 Å². The van der Waals surface area contributed by atoms with Crippen LogP contribution in [0, 0.1) is 11.3 Å². The zero-order chi connectivity index (χ0) is 18.4. The third kappa shape index (κ3) is 4.42. The van der Waals surface area contributed by atoms with Gasteiger partial charge in [0.25, 0.3) is 5.22 Å². The minimum absolute atomic E-state index is 0.0245. The second-order valence-electron chi connectivity index (χ2n) is 5.14. The van der Waals surface area contributed by atoms with Gasteiger partial charge in [0, 0.05) is 16.3 Å². The molecule has 0 aliphatic heterocycles. The van der Waals surface area contributed by atoms with Crippen molar-refractivity contribution in [1.82, 2.24) is 10.2 Å². The van der Waals surface area contributed by atoms with Crippen molar-refractivity contribution in [3.63, 3.8) is 0 Å². The number of halogens is 1. The van der Waals surface area contributed by atoms with E-state index in [0.29, 0.717) is 16.6 Å². The summed E-state index contributed by atoms with van der Waals surface area (Å²) in [6.07, 6.45) is 0. The number of nitrogens with zero attached hydrogens (tertiary/aromatic N) is 4. The van der Waals surface area contributed by atoms with Crippen LogP contribution in [-0.4, -0.2) is 28.4 Å². The van der Waals surface area contributed by atoms with E-state index >= 15 is 0 Å². The van der Waals surface area contributed by atoms with Crippen LogP contribution >= 0.6 is 23.4 Å². The van der Waals surface area contributed by atoms with Crippen molar-refractivity contribution >= 4 is 35.0 Å². The lowest BCUT2D eigenvalue weighted by atomic mass is 10.2. The molecule has 6 nitrogen and oxygen atoms in total. The predicted octanol–water partition coefficient (Wildman–Crippen LogP) is 4.04. The van der Waals surface area contributed by atoms with E-state index in [1.54, 1.807) is 36.4 Å². The smallest absolute Gasteiger partial charge is 0.277 e. The first-order valence-electron chi connectivity index (χ1n) is 7.62. The Morgan fingerprint density at radius 2 is 1.88 bits per heavy atom. The van der Waals surface area contributed by atoms with Crippen molar-refractivity contribution in [2.75, 3.05) is 17.2 Å². The highest BCUT2D eigenvalue weighted by atomic mass is 35.5. The Kier molecular flexibility index (Phi) is 5.89. The third-order valence-corrected chi connectivity index (χ3v) is 4.47. The molecule has 0 saturated heterocycles. The number of thioether (sulfide) groups is 1. The molecule has 0 bridgehead atoms. The Bertz CT molecular complexity index is 922. The summed E-state index contributed by atoms with van der Waals surface area (Å²) in [7, 11) is 0. The average molecular weight is 385 g/mol. The van der Waals surface area contributed by atoms with Gasteiger partial charge in [-0.1, -0.05) is 41.6 Å². The van der Waals surface area contributed by atoms with Crippen LogP contribution in [-0.2, 0) is 4.79 Å². The molecule has 0 saturated carbocycles. The lowest BCUT2D eigenvalue weighted by molar-refractivity contribution is -0.116. The Morgan fingerprint density at radius 3 is 2.58 bits per heavy atom. The second-order valence-corrected chi connectivity index (χ2v) is 6.51. The van der Waals surface area contributed by atoms with E-state index in [-0.39, 0.29) is 23.4 Å². The van der Waals surface area contributed by atoms with Gasteiger partial charge in [-0.15, -0.1) is 10.2 Å². The number of para-hydroxylation sites is 1. The van der Waals surface area contributed by atoms with Crippen molar-refractivity contribution in [3.8, 4) is 17.5 Å². The van der Waals surface area contributed by atoms with E-state index in [1.807, 2.05) is 24.3 Å². The van der Waals surface area contributed by atoms with E-state index in [2.05, 4.69) is 10.2 Å². The Labute approximate surface area is 159 Å². The first-order chi connectivity index (χ1) is 12.7. The first kappa shape index (κ1) is 18.0. The van der Waals surface area contributed by atoms with Crippen molar-refractivity contribution in [3.05, 3.63) is 59.6 Å². The van der Waals surface area contributed by atoms with Gasteiger partial charge in [-0.25, -0.2) is 0 Å². The van der Waals surface area contributed by atoms with Gasteiger partial charge in [0.2, 0.25) is 11.8 Å². The monoisotopic (exact) mass is 384 g/mol. The molecular weight excluding hydrogens is 372 g/mol. The van der Waals surface area contributed by atoms with Crippen LogP contribution in [0.4, 0.5) is 5.69 Å². The zero-order valence-electron chi connectivity index (χ0n) is 13.5. The molecule has 2 aromatic carbocycles. The molecule has 26 heavy (non-hydrogen) atoms. The van der Waals surface area contributed by atoms with Gasteiger partial charge < -0.3 is 4.42 Å². The molecule has 1 aromatic heterocycles. The number of benzene rings is 2. The highest BCUT2D eigenvalue weighted by molar-refractivity contribution is 7.99. The molecule has 3 aromatic rings. The fourth-order valence-corrected chi connectivity index (χ4v) is 2.95. The number of amides is 1.